The summed E-state index contributed by atoms with van der Waals surface area (Å²) >= 11 is 1.99. The topological polar surface area (TPSA) is 43.8 Å². The zero-order chi connectivity index (χ0) is 12.7. The van der Waals surface area contributed by atoms with Crippen LogP contribution in [0.4, 0.5) is 0 Å². The molecule has 1 aliphatic heterocycles. The Kier molecular flexibility index (Phi) is 6.92. The van der Waals surface area contributed by atoms with E-state index >= 15 is 0 Å². The number of likely N-dealkylation sites (N-methyl/N-ethyl adjacent to an activating group) is 1. The summed E-state index contributed by atoms with van der Waals surface area (Å²) in [6.07, 6.45) is 2.20. The SMILES string of the molecule is CCSCCN1CCC(N(C)CC(=O)O)CC1. The van der Waals surface area contributed by atoms with E-state index in [0.29, 0.717) is 6.04 Å². The van der Waals surface area contributed by atoms with Gasteiger partial charge in [0.05, 0.1) is 6.54 Å². The molecule has 0 radical (unpaired) electrons. The lowest BCUT2D eigenvalue weighted by atomic mass is 10.0. The predicted molar refractivity (Wildman–Crippen MR) is 72.7 cm³/mol. The van der Waals surface area contributed by atoms with Gasteiger partial charge < -0.3 is 10.0 Å². The highest BCUT2D eigenvalue weighted by molar-refractivity contribution is 7.99. The number of hydrogen-bond donors (Lipinski definition) is 1. The normalized spacial score (nSPS) is 18.8. The van der Waals surface area contributed by atoms with Crippen LogP contribution < -0.4 is 0 Å². The Balaban J connectivity index is 2.18. The third-order valence-corrected chi connectivity index (χ3v) is 4.20. The number of nitrogens with zero attached hydrogens (tertiary/aromatic N) is 2. The Morgan fingerprint density at radius 2 is 2.12 bits per heavy atom. The van der Waals surface area contributed by atoms with Crippen LogP contribution in [0.1, 0.15) is 19.8 Å². The van der Waals surface area contributed by atoms with Gasteiger partial charge in [0, 0.05) is 18.3 Å². The van der Waals surface area contributed by atoms with Gasteiger partial charge in [0.25, 0.3) is 0 Å². The van der Waals surface area contributed by atoms with Gasteiger partial charge in [-0.15, -0.1) is 0 Å². The third-order valence-electron chi connectivity index (χ3n) is 3.32. The van der Waals surface area contributed by atoms with E-state index in [2.05, 4.69) is 11.8 Å². The second-order valence-electron chi connectivity index (χ2n) is 4.58. The van der Waals surface area contributed by atoms with E-state index in [4.69, 9.17) is 5.11 Å². The van der Waals surface area contributed by atoms with Crippen molar-refractivity contribution in [1.82, 2.24) is 9.80 Å². The van der Waals surface area contributed by atoms with Crippen LogP contribution >= 0.6 is 11.8 Å². The van der Waals surface area contributed by atoms with Crippen LogP contribution in [0.2, 0.25) is 0 Å². The van der Waals surface area contributed by atoms with Crippen LogP contribution in [-0.2, 0) is 4.79 Å². The van der Waals surface area contributed by atoms with E-state index in [1.807, 2.05) is 23.7 Å². The third kappa shape index (κ3) is 5.75. The summed E-state index contributed by atoms with van der Waals surface area (Å²) < 4.78 is 0. The molecule has 100 valence electrons. The molecule has 0 aromatic rings. The van der Waals surface area contributed by atoms with Crippen LogP contribution in [0.15, 0.2) is 0 Å². The molecule has 0 atom stereocenters. The van der Waals surface area contributed by atoms with Crippen molar-refractivity contribution in [3.05, 3.63) is 0 Å². The summed E-state index contributed by atoms with van der Waals surface area (Å²) in [5, 5.41) is 8.75. The first-order valence-electron chi connectivity index (χ1n) is 6.35. The van der Waals surface area contributed by atoms with Crippen molar-refractivity contribution in [2.45, 2.75) is 25.8 Å². The quantitative estimate of drug-likeness (QED) is 0.697. The van der Waals surface area contributed by atoms with E-state index in [0.717, 1.165) is 25.9 Å². The molecule has 1 N–H and O–H groups in total. The molecule has 5 heteroatoms. The summed E-state index contributed by atoms with van der Waals surface area (Å²) in [6, 6.07) is 0.446. The molecule has 1 rings (SSSR count). The van der Waals surface area contributed by atoms with Gasteiger partial charge in [0.1, 0.15) is 0 Å². The summed E-state index contributed by atoms with van der Waals surface area (Å²) in [7, 11) is 1.92. The minimum atomic E-state index is -0.728. The molecule has 0 unspecified atom stereocenters. The Labute approximate surface area is 108 Å². The fraction of sp³-hybridized carbons (Fsp3) is 0.917. The lowest BCUT2D eigenvalue weighted by molar-refractivity contribution is -0.138. The molecule has 0 aromatic carbocycles. The van der Waals surface area contributed by atoms with E-state index in [1.165, 1.54) is 18.1 Å². The maximum atomic E-state index is 10.6. The first kappa shape index (κ1) is 14.8. The number of carboxylic acid groups (broad SMARTS) is 1. The molecule has 0 amide bonds. The number of likely N-dealkylation sites (tertiary alicyclic amines) is 1. The van der Waals surface area contributed by atoms with Crippen molar-refractivity contribution in [3.63, 3.8) is 0 Å². The van der Waals surface area contributed by atoms with Crippen LogP contribution in [0.25, 0.3) is 0 Å². The van der Waals surface area contributed by atoms with Crippen molar-refractivity contribution in [2.75, 3.05) is 44.7 Å². The zero-order valence-corrected chi connectivity index (χ0v) is 11.7. The smallest absolute Gasteiger partial charge is 0.317 e. The average Bonchev–Trinajstić information content (AvgIpc) is 2.29. The maximum Gasteiger partial charge on any atom is 0.317 e. The second-order valence-corrected chi connectivity index (χ2v) is 5.97. The van der Waals surface area contributed by atoms with Crippen molar-refractivity contribution >= 4 is 17.7 Å². The molecular weight excluding hydrogens is 236 g/mol. The number of carboxylic acids is 1. The Morgan fingerprint density at radius 1 is 1.47 bits per heavy atom. The van der Waals surface area contributed by atoms with Crippen molar-refractivity contribution in [1.29, 1.82) is 0 Å². The maximum absolute atomic E-state index is 10.6. The van der Waals surface area contributed by atoms with Crippen molar-refractivity contribution < 1.29 is 9.90 Å². The first-order valence-corrected chi connectivity index (χ1v) is 7.51. The summed E-state index contributed by atoms with van der Waals surface area (Å²) in [4.78, 5) is 15.1. The first-order chi connectivity index (χ1) is 8.13. The van der Waals surface area contributed by atoms with E-state index in [9.17, 15) is 4.79 Å². The van der Waals surface area contributed by atoms with Gasteiger partial charge in [-0.25, -0.2) is 0 Å². The van der Waals surface area contributed by atoms with Gasteiger partial charge >= 0.3 is 5.97 Å². The van der Waals surface area contributed by atoms with Gasteiger partial charge in [-0.2, -0.15) is 11.8 Å². The van der Waals surface area contributed by atoms with Gasteiger partial charge in [0.15, 0.2) is 0 Å². The van der Waals surface area contributed by atoms with E-state index in [1.54, 1.807) is 0 Å². The molecule has 0 aliphatic carbocycles. The van der Waals surface area contributed by atoms with Gasteiger partial charge in [0.2, 0.25) is 0 Å². The standard InChI is InChI=1S/C12H24N2O2S/c1-3-17-9-8-14-6-4-11(5-7-14)13(2)10-12(15)16/h11H,3-10H2,1-2H3,(H,15,16). The monoisotopic (exact) mass is 260 g/mol. The number of piperidine rings is 1. The number of thioether (sulfide) groups is 1. The molecule has 1 fully saturated rings. The molecule has 0 saturated carbocycles. The number of hydrogen-bond acceptors (Lipinski definition) is 4. The summed E-state index contributed by atoms with van der Waals surface area (Å²) in [6.45, 7) is 5.75. The fourth-order valence-electron chi connectivity index (χ4n) is 2.26. The molecule has 0 spiro atoms. The molecule has 1 saturated heterocycles. The van der Waals surface area contributed by atoms with E-state index < -0.39 is 5.97 Å². The van der Waals surface area contributed by atoms with E-state index in [-0.39, 0.29) is 6.54 Å². The lowest BCUT2D eigenvalue weighted by Crippen LogP contribution is -2.45. The fourth-order valence-corrected chi connectivity index (χ4v) is 2.94. The van der Waals surface area contributed by atoms with Crippen LogP contribution in [0.3, 0.4) is 0 Å². The molecule has 1 heterocycles. The van der Waals surface area contributed by atoms with Crippen LogP contribution in [0, 0.1) is 0 Å². The highest BCUT2D eigenvalue weighted by atomic mass is 32.2. The van der Waals surface area contributed by atoms with Crippen molar-refractivity contribution in [3.8, 4) is 0 Å². The van der Waals surface area contributed by atoms with Gasteiger partial charge in [-0.3, -0.25) is 9.69 Å². The molecule has 0 aromatic heterocycles. The number of aliphatic carboxylic acids is 1. The molecule has 4 nitrogen and oxygen atoms in total. The molecule has 17 heavy (non-hydrogen) atoms. The molecular formula is C12H24N2O2S. The largest absolute Gasteiger partial charge is 0.480 e. The Hall–Kier alpha value is -0.260. The second kappa shape index (κ2) is 7.95. The summed E-state index contributed by atoms with van der Waals surface area (Å²) in [5.74, 6) is 1.68. The Bertz CT molecular complexity index is 231. The molecule has 1 aliphatic rings. The zero-order valence-electron chi connectivity index (χ0n) is 10.9. The molecule has 0 bridgehead atoms. The summed E-state index contributed by atoms with van der Waals surface area (Å²) in [5.41, 5.74) is 0. The van der Waals surface area contributed by atoms with Crippen LogP contribution in [-0.4, -0.2) is 71.6 Å². The highest BCUT2D eigenvalue weighted by Gasteiger charge is 2.22. The number of carbonyl (C=O) groups is 1. The minimum Gasteiger partial charge on any atom is -0.480 e. The van der Waals surface area contributed by atoms with Gasteiger partial charge in [-0.1, -0.05) is 6.92 Å². The predicted octanol–water partition coefficient (Wildman–Crippen LogP) is 1.22. The van der Waals surface area contributed by atoms with Crippen LogP contribution in [0.5, 0.6) is 0 Å². The number of rotatable bonds is 7. The average molecular weight is 260 g/mol. The highest BCUT2D eigenvalue weighted by Crippen LogP contribution is 2.15. The van der Waals surface area contributed by atoms with Crippen molar-refractivity contribution in [2.24, 2.45) is 0 Å². The minimum absolute atomic E-state index is 0.163. The van der Waals surface area contributed by atoms with Gasteiger partial charge in [-0.05, 0) is 38.7 Å². The Morgan fingerprint density at radius 3 is 2.65 bits per heavy atom. The lowest BCUT2D eigenvalue weighted by Gasteiger charge is -2.36.